The molecule has 2 aromatic rings. The molecule has 4 rings (SSSR count). The lowest BCUT2D eigenvalue weighted by Gasteiger charge is -2.29. The van der Waals surface area contributed by atoms with Crippen molar-refractivity contribution in [3.05, 3.63) is 59.4 Å². The lowest BCUT2D eigenvalue weighted by molar-refractivity contribution is 0.0734. The Bertz CT molecular complexity index is 1010. The van der Waals surface area contributed by atoms with Crippen molar-refractivity contribution in [1.29, 1.82) is 0 Å². The summed E-state index contributed by atoms with van der Waals surface area (Å²) in [7, 11) is 0.427. The molecule has 2 aliphatic rings. The van der Waals surface area contributed by atoms with E-state index in [1.54, 1.807) is 45.9 Å². The first-order chi connectivity index (χ1) is 13.9. The molecule has 29 heavy (non-hydrogen) atoms. The molecule has 1 aromatic carbocycles. The molecule has 0 bridgehead atoms. The van der Waals surface area contributed by atoms with Crippen molar-refractivity contribution in [3.8, 4) is 0 Å². The number of carbonyl (C=O) groups excluding carboxylic acids is 1. The van der Waals surface area contributed by atoms with Crippen LogP contribution >= 0.6 is 0 Å². The summed E-state index contributed by atoms with van der Waals surface area (Å²) in [4.78, 5) is 20.9. The van der Waals surface area contributed by atoms with Gasteiger partial charge >= 0.3 is 0 Å². The minimum atomic E-state index is -3.53. The maximum Gasteiger partial charge on any atom is 0.254 e. The summed E-state index contributed by atoms with van der Waals surface area (Å²) in [5.41, 5.74) is 2.61. The normalized spacial score (nSPS) is 20.1. The first-order valence-corrected chi connectivity index (χ1v) is 11.3. The molecule has 1 fully saturated rings. The number of likely N-dealkylation sites (N-methyl/N-ethyl adjacent to an activating group) is 1. The number of hydrogen-bond donors (Lipinski definition) is 0. The fourth-order valence-corrected chi connectivity index (χ4v) is 5.59. The van der Waals surface area contributed by atoms with Crippen LogP contribution in [0.25, 0.3) is 0 Å². The van der Waals surface area contributed by atoms with Gasteiger partial charge in [-0.1, -0.05) is 6.07 Å². The first kappa shape index (κ1) is 20.0. The molecule has 8 heteroatoms. The minimum absolute atomic E-state index is 0.0559. The van der Waals surface area contributed by atoms with Crippen LogP contribution in [-0.2, 0) is 23.0 Å². The number of pyridine rings is 1. The summed E-state index contributed by atoms with van der Waals surface area (Å²) in [5, 5.41) is 0. The van der Waals surface area contributed by atoms with Crippen molar-refractivity contribution in [2.45, 2.75) is 30.3 Å². The third-order valence-electron chi connectivity index (χ3n) is 5.90. The Kier molecular flexibility index (Phi) is 5.42. The van der Waals surface area contributed by atoms with E-state index in [1.807, 2.05) is 20.2 Å². The van der Waals surface area contributed by atoms with E-state index in [1.165, 1.54) is 0 Å². The monoisotopic (exact) mass is 414 g/mol. The third-order valence-corrected chi connectivity index (χ3v) is 7.76. The smallest absolute Gasteiger partial charge is 0.254 e. The van der Waals surface area contributed by atoms with Gasteiger partial charge in [-0.2, -0.15) is 4.31 Å². The fraction of sp³-hybridized carbons (Fsp3) is 0.429. The van der Waals surface area contributed by atoms with Crippen LogP contribution in [-0.4, -0.2) is 73.2 Å². The van der Waals surface area contributed by atoms with Crippen molar-refractivity contribution in [3.63, 3.8) is 0 Å². The zero-order valence-electron chi connectivity index (χ0n) is 16.8. The molecule has 1 aromatic heterocycles. The second-order valence-electron chi connectivity index (χ2n) is 7.91. The van der Waals surface area contributed by atoms with Gasteiger partial charge in [0, 0.05) is 50.2 Å². The predicted molar refractivity (Wildman–Crippen MR) is 110 cm³/mol. The second-order valence-corrected chi connectivity index (χ2v) is 9.85. The molecule has 2 aliphatic heterocycles. The largest absolute Gasteiger partial charge is 0.334 e. The number of carbonyl (C=O) groups is 1. The Hall–Kier alpha value is -2.29. The molecule has 0 aliphatic carbocycles. The number of nitrogens with zero attached hydrogens (tertiary/aromatic N) is 4. The summed E-state index contributed by atoms with van der Waals surface area (Å²) in [5.74, 6) is -0.0559. The highest BCUT2D eigenvalue weighted by molar-refractivity contribution is 7.89. The molecule has 1 amide bonds. The van der Waals surface area contributed by atoms with Gasteiger partial charge in [-0.3, -0.25) is 9.78 Å². The van der Waals surface area contributed by atoms with Gasteiger partial charge < -0.3 is 9.80 Å². The fourth-order valence-electron chi connectivity index (χ4n) is 4.04. The molecular weight excluding hydrogens is 388 g/mol. The zero-order chi connectivity index (χ0) is 20.6. The zero-order valence-corrected chi connectivity index (χ0v) is 17.6. The van der Waals surface area contributed by atoms with Gasteiger partial charge in [0.15, 0.2) is 0 Å². The van der Waals surface area contributed by atoms with E-state index in [4.69, 9.17) is 0 Å². The first-order valence-electron chi connectivity index (χ1n) is 9.84. The predicted octanol–water partition coefficient (Wildman–Crippen LogP) is 1.60. The van der Waals surface area contributed by atoms with Crippen molar-refractivity contribution in [1.82, 2.24) is 19.1 Å². The Morgan fingerprint density at radius 3 is 2.55 bits per heavy atom. The number of sulfonamides is 1. The summed E-state index contributed by atoms with van der Waals surface area (Å²) in [6, 6.07) is 9.00. The van der Waals surface area contributed by atoms with Gasteiger partial charge in [0.1, 0.15) is 0 Å². The maximum absolute atomic E-state index is 13.1. The van der Waals surface area contributed by atoms with E-state index in [0.717, 1.165) is 24.0 Å². The Morgan fingerprint density at radius 2 is 1.86 bits per heavy atom. The Balaban J connectivity index is 1.55. The third kappa shape index (κ3) is 3.92. The Morgan fingerprint density at radius 1 is 1.10 bits per heavy atom. The van der Waals surface area contributed by atoms with Crippen LogP contribution in [0.15, 0.2) is 47.6 Å². The number of rotatable bonds is 4. The van der Waals surface area contributed by atoms with E-state index in [0.29, 0.717) is 36.6 Å². The molecule has 0 N–H and O–H groups in total. The van der Waals surface area contributed by atoms with Gasteiger partial charge in [-0.15, -0.1) is 0 Å². The molecule has 0 saturated carbocycles. The highest BCUT2D eigenvalue weighted by Crippen LogP contribution is 2.27. The van der Waals surface area contributed by atoms with Crippen LogP contribution in [0.3, 0.4) is 0 Å². The molecule has 0 unspecified atom stereocenters. The molecule has 7 nitrogen and oxygen atoms in total. The van der Waals surface area contributed by atoms with Gasteiger partial charge in [-0.25, -0.2) is 8.42 Å². The quantitative estimate of drug-likeness (QED) is 0.760. The summed E-state index contributed by atoms with van der Waals surface area (Å²) in [6.07, 6.45) is 4.77. The molecule has 0 spiro atoms. The van der Waals surface area contributed by atoms with E-state index in [-0.39, 0.29) is 11.9 Å². The topological polar surface area (TPSA) is 73.8 Å². The second kappa shape index (κ2) is 7.85. The molecule has 1 saturated heterocycles. The Labute approximate surface area is 172 Å². The van der Waals surface area contributed by atoms with Gasteiger partial charge in [0.05, 0.1) is 4.90 Å². The summed E-state index contributed by atoms with van der Waals surface area (Å²) in [6.45, 7) is 2.09. The number of fused-ring (bicyclic) bond motifs is 1. The highest BCUT2D eigenvalue weighted by atomic mass is 32.2. The highest BCUT2D eigenvalue weighted by Gasteiger charge is 2.34. The molecule has 1 atom stereocenters. The van der Waals surface area contributed by atoms with Gasteiger partial charge in [0.2, 0.25) is 10.0 Å². The number of benzene rings is 1. The van der Waals surface area contributed by atoms with Gasteiger partial charge in [-0.05, 0) is 62.3 Å². The molecular formula is C21H26N4O3S. The SMILES string of the molecule is CN(C)[C@H]1CCN(S(=O)(=O)c2ccc3c(c2)CN(C(=O)c2ccncc2)CC3)C1. The average molecular weight is 415 g/mol. The lowest BCUT2D eigenvalue weighted by Crippen LogP contribution is -2.36. The van der Waals surface area contributed by atoms with Gasteiger partial charge in [0.25, 0.3) is 5.91 Å². The van der Waals surface area contributed by atoms with Crippen LogP contribution in [0.2, 0.25) is 0 Å². The van der Waals surface area contributed by atoms with Crippen molar-refractivity contribution in [2.24, 2.45) is 0 Å². The van der Waals surface area contributed by atoms with Crippen molar-refractivity contribution in [2.75, 3.05) is 33.7 Å². The van der Waals surface area contributed by atoms with E-state index >= 15 is 0 Å². The van der Waals surface area contributed by atoms with Crippen LogP contribution in [0.1, 0.15) is 27.9 Å². The maximum atomic E-state index is 13.1. The van der Waals surface area contributed by atoms with Crippen LogP contribution in [0.5, 0.6) is 0 Å². The van der Waals surface area contributed by atoms with Crippen LogP contribution in [0.4, 0.5) is 0 Å². The van der Waals surface area contributed by atoms with Crippen molar-refractivity contribution < 1.29 is 13.2 Å². The van der Waals surface area contributed by atoms with Crippen molar-refractivity contribution >= 4 is 15.9 Å². The molecule has 3 heterocycles. The molecule has 0 radical (unpaired) electrons. The molecule has 154 valence electrons. The standard InChI is InChI=1S/C21H26N4O3S/c1-23(2)19-8-12-25(15-19)29(27,28)20-4-3-16-7-11-24(14-18(16)13-20)21(26)17-5-9-22-10-6-17/h3-6,9-10,13,19H,7-8,11-12,14-15H2,1-2H3/t19-/m0/s1. The van der Waals surface area contributed by atoms with E-state index in [2.05, 4.69) is 9.88 Å². The van der Waals surface area contributed by atoms with Crippen LogP contribution < -0.4 is 0 Å². The number of aromatic nitrogens is 1. The van der Waals surface area contributed by atoms with E-state index in [9.17, 15) is 13.2 Å². The summed E-state index contributed by atoms with van der Waals surface area (Å²) < 4.78 is 27.9. The average Bonchev–Trinajstić information content (AvgIpc) is 3.24. The lowest BCUT2D eigenvalue weighted by atomic mass is 9.99. The summed E-state index contributed by atoms with van der Waals surface area (Å²) >= 11 is 0. The number of amides is 1. The number of hydrogen-bond acceptors (Lipinski definition) is 5. The van der Waals surface area contributed by atoms with Crippen LogP contribution in [0, 0.1) is 0 Å². The minimum Gasteiger partial charge on any atom is -0.334 e. The van der Waals surface area contributed by atoms with E-state index < -0.39 is 10.0 Å².